The van der Waals surface area contributed by atoms with E-state index in [1.807, 2.05) is 24.3 Å². The second-order valence-corrected chi connectivity index (χ2v) is 7.12. The number of aryl methyl sites for hydroxylation is 1. The van der Waals surface area contributed by atoms with Gasteiger partial charge in [-0.25, -0.2) is 0 Å². The Morgan fingerprint density at radius 3 is 2.54 bits per heavy atom. The van der Waals surface area contributed by atoms with E-state index in [0.717, 1.165) is 46.6 Å². The number of ether oxygens (including phenoxy) is 4. The Morgan fingerprint density at radius 2 is 1.82 bits per heavy atom. The van der Waals surface area contributed by atoms with Gasteiger partial charge < -0.3 is 23.4 Å². The van der Waals surface area contributed by atoms with E-state index in [9.17, 15) is 0 Å². The summed E-state index contributed by atoms with van der Waals surface area (Å²) in [6, 6.07) is 12.2. The lowest BCUT2D eigenvalue weighted by molar-refractivity contribution is 0.0492. The number of hydrogen-bond donors (Lipinski definition) is 0. The molecule has 2 aromatic carbocycles. The fraction of sp³-hybridized carbons (Fsp3) is 0.364. The van der Waals surface area contributed by atoms with Gasteiger partial charge in [0.25, 0.3) is 0 Å². The molecule has 6 heteroatoms. The zero-order valence-corrected chi connectivity index (χ0v) is 17.6. The Labute approximate surface area is 169 Å². The van der Waals surface area contributed by atoms with Crippen LogP contribution in [0.4, 0.5) is 0 Å². The van der Waals surface area contributed by atoms with Crippen LogP contribution in [0.3, 0.4) is 0 Å². The smallest absolute Gasteiger partial charge is 0.188 e. The number of rotatable bonds is 10. The third-order valence-electron chi connectivity index (χ3n) is 4.48. The van der Waals surface area contributed by atoms with E-state index < -0.39 is 0 Å². The van der Waals surface area contributed by atoms with Crippen LogP contribution in [-0.4, -0.2) is 41.0 Å². The number of furan rings is 1. The predicted octanol–water partition coefficient (Wildman–Crippen LogP) is 5.39. The Hall–Kier alpha value is -2.15. The van der Waals surface area contributed by atoms with Crippen molar-refractivity contribution in [3.63, 3.8) is 0 Å². The maximum absolute atomic E-state index is 6.21. The van der Waals surface area contributed by atoms with Crippen molar-refractivity contribution in [2.45, 2.75) is 17.7 Å². The summed E-state index contributed by atoms with van der Waals surface area (Å²) in [6.07, 6.45) is 4.05. The number of fused-ring (bicyclic) bond motifs is 1. The van der Waals surface area contributed by atoms with Gasteiger partial charge in [0.15, 0.2) is 18.3 Å². The Kier molecular flexibility index (Phi) is 7.25. The molecule has 1 heterocycles. The first-order valence-corrected chi connectivity index (χ1v) is 10.3. The van der Waals surface area contributed by atoms with Crippen LogP contribution in [0.5, 0.6) is 11.5 Å². The summed E-state index contributed by atoms with van der Waals surface area (Å²) < 4.78 is 27.4. The van der Waals surface area contributed by atoms with Crippen molar-refractivity contribution in [3.05, 3.63) is 42.0 Å². The maximum atomic E-state index is 6.21. The average molecular weight is 403 g/mol. The van der Waals surface area contributed by atoms with Gasteiger partial charge in [0.05, 0.1) is 12.0 Å². The Balaban J connectivity index is 1.98. The molecule has 28 heavy (non-hydrogen) atoms. The SMILES string of the molecule is COCCCc1ccc2oc(-c3ccc(OCOC)c(OC)c3)c(SC)c2c1. The van der Waals surface area contributed by atoms with Gasteiger partial charge in [-0.15, -0.1) is 11.8 Å². The highest BCUT2D eigenvalue weighted by Crippen LogP contribution is 2.42. The maximum Gasteiger partial charge on any atom is 0.188 e. The normalized spacial score (nSPS) is 11.1. The van der Waals surface area contributed by atoms with Gasteiger partial charge in [0.1, 0.15) is 11.3 Å². The monoisotopic (exact) mass is 402 g/mol. The molecule has 0 radical (unpaired) electrons. The Bertz CT molecular complexity index is 919. The molecule has 3 rings (SSSR count). The van der Waals surface area contributed by atoms with Gasteiger partial charge >= 0.3 is 0 Å². The molecule has 0 aliphatic rings. The van der Waals surface area contributed by atoms with Crippen LogP contribution in [0.15, 0.2) is 45.7 Å². The van der Waals surface area contributed by atoms with E-state index in [4.69, 9.17) is 23.4 Å². The van der Waals surface area contributed by atoms with E-state index in [2.05, 4.69) is 18.4 Å². The minimum atomic E-state index is 0.169. The molecule has 0 unspecified atom stereocenters. The van der Waals surface area contributed by atoms with Gasteiger partial charge in [-0.3, -0.25) is 0 Å². The van der Waals surface area contributed by atoms with Crippen molar-refractivity contribution in [1.82, 2.24) is 0 Å². The van der Waals surface area contributed by atoms with Crippen LogP contribution in [-0.2, 0) is 15.9 Å². The van der Waals surface area contributed by atoms with Crippen LogP contribution < -0.4 is 9.47 Å². The summed E-state index contributed by atoms with van der Waals surface area (Å²) in [7, 11) is 4.94. The van der Waals surface area contributed by atoms with E-state index >= 15 is 0 Å². The standard InChI is InChI=1S/C22H26O5S/c1-23-11-5-6-15-7-9-18-17(12-15)22(28-4)21(27-18)16-8-10-19(26-14-24-2)20(13-16)25-3/h7-10,12-13H,5-6,11,14H2,1-4H3. The average Bonchev–Trinajstić information content (AvgIpc) is 3.10. The molecular formula is C22H26O5S. The summed E-state index contributed by atoms with van der Waals surface area (Å²) >= 11 is 1.68. The van der Waals surface area contributed by atoms with Crippen LogP contribution in [0.25, 0.3) is 22.3 Å². The topological polar surface area (TPSA) is 50.1 Å². The third-order valence-corrected chi connectivity index (χ3v) is 5.30. The lowest BCUT2D eigenvalue weighted by Crippen LogP contribution is -2.00. The summed E-state index contributed by atoms with van der Waals surface area (Å²) in [5.74, 6) is 2.12. The minimum Gasteiger partial charge on any atom is -0.493 e. The lowest BCUT2D eigenvalue weighted by Gasteiger charge is -2.11. The fourth-order valence-electron chi connectivity index (χ4n) is 3.14. The van der Waals surface area contributed by atoms with Crippen LogP contribution in [0.2, 0.25) is 0 Å². The molecule has 0 aliphatic carbocycles. The van der Waals surface area contributed by atoms with Crippen molar-refractivity contribution in [3.8, 4) is 22.8 Å². The molecule has 5 nitrogen and oxygen atoms in total. The highest BCUT2D eigenvalue weighted by Gasteiger charge is 2.18. The van der Waals surface area contributed by atoms with Crippen LogP contribution >= 0.6 is 11.8 Å². The molecule has 3 aromatic rings. The van der Waals surface area contributed by atoms with Crippen molar-refractivity contribution >= 4 is 22.7 Å². The number of hydrogen-bond acceptors (Lipinski definition) is 6. The summed E-state index contributed by atoms with van der Waals surface area (Å²) in [4.78, 5) is 1.12. The zero-order valence-electron chi connectivity index (χ0n) is 16.7. The molecule has 1 aromatic heterocycles. The first kappa shape index (κ1) is 20.6. The van der Waals surface area contributed by atoms with Crippen molar-refractivity contribution in [2.24, 2.45) is 0 Å². The molecule has 0 atom stereocenters. The highest BCUT2D eigenvalue weighted by molar-refractivity contribution is 7.99. The van der Waals surface area contributed by atoms with E-state index in [0.29, 0.717) is 11.5 Å². The van der Waals surface area contributed by atoms with E-state index in [1.54, 1.807) is 33.1 Å². The summed E-state index contributed by atoms with van der Waals surface area (Å²) in [5, 5.41) is 1.14. The fourth-order valence-corrected chi connectivity index (χ4v) is 3.87. The molecule has 0 N–H and O–H groups in total. The molecule has 0 saturated carbocycles. The quantitative estimate of drug-likeness (QED) is 0.257. The van der Waals surface area contributed by atoms with Gasteiger partial charge in [-0.05, 0) is 55.0 Å². The van der Waals surface area contributed by atoms with E-state index in [1.165, 1.54) is 5.56 Å². The molecule has 0 aliphatic heterocycles. The molecule has 0 saturated heterocycles. The lowest BCUT2D eigenvalue weighted by atomic mass is 10.1. The summed E-state index contributed by atoms with van der Waals surface area (Å²) in [5.41, 5.74) is 3.12. The van der Waals surface area contributed by atoms with Crippen LogP contribution in [0, 0.1) is 0 Å². The third kappa shape index (κ3) is 4.46. The molecule has 0 spiro atoms. The van der Waals surface area contributed by atoms with Crippen molar-refractivity contribution in [2.75, 3.05) is 41.0 Å². The van der Waals surface area contributed by atoms with Gasteiger partial charge in [0, 0.05) is 31.8 Å². The molecule has 150 valence electrons. The number of benzene rings is 2. The highest BCUT2D eigenvalue weighted by atomic mass is 32.2. The van der Waals surface area contributed by atoms with Crippen molar-refractivity contribution < 1.29 is 23.4 Å². The van der Waals surface area contributed by atoms with Gasteiger partial charge in [-0.1, -0.05) is 6.07 Å². The Morgan fingerprint density at radius 1 is 0.964 bits per heavy atom. The molecular weight excluding hydrogens is 376 g/mol. The van der Waals surface area contributed by atoms with Gasteiger partial charge in [0.2, 0.25) is 0 Å². The number of thioether (sulfide) groups is 1. The zero-order chi connectivity index (χ0) is 19.9. The molecule has 0 amide bonds. The predicted molar refractivity (Wildman–Crippen MR) is 113 cm³/mol. The van der Waals surface area contributed by atoms with E-state index in [-0.39, 0.29) is 6.79 Å². The molecule has 0 fully saturated rings. The van der Waals surface area contributed by atoms with Gasteiger partial charge in [-0.2, -0.15) is 0 Å². The minimum absolute atomic E-state index is 0.169. The number of methoxy groups -OCH3 is 3. The van der Waals surface area contributed by atoms with Crippen LogP contribution in [0.1, 0.15) is 12.0 Å². The first-order chi connectivity index (χ1) is 13.7. The van der Waals surface area contributed by atoms with Crippen molar-refractivity contribution in [1.29, 1.82) is 0 Å². The second kappa shape index (κ2) is 9.87. The first-order valence-electron chi connectivity index (χ1n) is 9.10. The second-order valence-electron chi connectivity index (χ2n) is 6.31. The largest absolute Gasteiger partial charge is 0.493 e. The molecule has 0 bridgehead atoms. The summed E-state index contributed by atoms with van der Waals surface area (Å²) in [6.45, 7) is 0.934.